The van der Waals surface area contributed by atoms with Crippen LogP contribution in [0, 0.1) is 11.3 Å². The van der Waals surface area contributed by atoms with Crippen molar-refractivity contribution in [2.45, 2.75) is 12.8 Å². The van der Waals surface area contributed by atoms with Gasteiger partial charge in [0.2, 0.25) is 0 Å². The van der Waals surface area contributed by atoms with Crippen molar-refractivity contribution in [1.82, 2.24) is 0 Å². The Kier molecular flexibility index (Phi) is 3.88. The van der Waals surface area contributed by atoms with Crippen LogP contribution in [0.4, 0.5) is 8.78 Å². The Morgan fingerprint density at radius 2 is 2.18 bits per heavy atom. The molecule has 1 aromatic carbocycles. The predicted molar refractivity (Wildman–Crippen MR) is 52.8 cm³/mol. The first-order chi connectivity index (χ1) is 8.01. The van der Waals surface area contributed by atoms with Gasteiger partial charge in [-0.1, -0.05) is 6.07 Å². The predicted octanol–water partition coefficient (Wildman–Crippen LogP) is 1.94. The summed E-state index contributed by atoms with van der Waals surface area (Å²) in [6.07, 6.45) is -3.28. The second-order valence-electron chi connectivity index (χ2n) is 3.20. The van der Waals surface area contributed by atoms with E-state index in [0.29, 0.717) is 6.29 Å². The van der Waals surface area contributed by atoms with Gasteiger partial charge in [0.1, 0.15) is 6.07 Å². The smallest absolute Gasteiger partial charge is 0.307 e. The molecule has 6 heteroatoms. The zero-order valence-corrected chi connectivity index (χ0v) is 8.48. The highest BCUT2D eigenvalue weighted by Gasteiger charge is 2.20. The van der Waals surface area contributed by atoms with Crippen LogP contribution in [0.2, 0.25) is 0 Å². The highest BCUT2D eigenvalue weighted by atomic mass is 19.3. The fraction of sp³-hybridized carbons (Fsp3) is 0.182. The number of carboxylic acids is 1. The summed E-state index contributed by atoms with van der Waals surface area (Å²) in [6, 6.07) is 3.64. The number of carbonyl (C=O) groups is 2. The van der Waals surface area contributed by atoms with E-state index in [9.17, 15) is 18.4 Å². The number of aliphatic carboxylic acids is 1. The van der Waals surface area contributed by atoms with E-state index in [-0.39, 0.29) is 16.7 Å². The van der Waals surface area contributed by atoms with Gasteiger partial charge in [-0.2, -0.15) is 5.26 Å². The monoisotopic (exact) mass is 239 g/mol. The van der Waals surface area contributed by atoms with E-state index in [1.807, 2.05) is 0 Å². The van der Waals surface area contributed by atoms with Crippen molar-refractivity contribution in [3.63, 3.8) is 0 Å². The van der Waals surface area contributed by atoms with Crippen molar-refractivity contribution >= 4 is 12.3 Å². The molecule has 1 N–H and O–H groups in total. The second-order valence-corrected chi connectivity index (χ2v) is 3.20. The van der Waals surface area contributed by atoms with Gasteiger partial charge in [0.15, 0.2) is 6.29 Å². The molecule has 1 aromatic rings. The van der Waals surface area contributed by atoms with Crippen molar-refractivity contribution in [2.24, 2.45) is 0 Å². The molecule has 0 amide bonds. The Balaban J connectivity index is 3.50. The zero-order chi connectivity index (χ0) is 13.0. The number of rotatable bonds is 4. The van der Waals surface area contributed by atoms with Crippen molar-refractivity contribution in [2.75, 3.05) is 0 Å². The Morgan fingerprint density at radius 3 is 2.59 bits per heavy atom. The SMILES string of the molecule is N#Cc1c(C=O)ccc(C(F)F)c1CC(=O)O. The number of nitriles is 1. The van der Waals surface area contributed by atoms with Crippen LogP contribution in [0.1, 0.15) is 33.5 Å². The highest BCUT2D eigenvalue weighted by molar-refractivity contribution is 5.82. The van der Waals surface area contributed by atoms with Gasteiger partial charge in [-0.05, 0) is 11.6 Å². The van der Waals surface area contributed by atoms with Gasteiger partial charge in [-0.25, -0.2) is 8.78 Å². The summed E-state index contributed by atoms with van der Waals surface area (Å²) in [5.74, 6) is -1.34. The fourth-order valence-corrected chi connectivity index (χ4v) is 1.46. The van der Waals surface area contributed by atoms with Crippen LogP contribution in [0.25, 0.3) is 0 Å². The van der Waals surface area contributed by atoms with Crippen LogP contribution in [-0.4, -0.2) is 17.4 Å². The van der Waals surface area contributed by atoms with Crippen molar-refractivity contribution in [1.29, 1.82) is 5.26 Å². The molecule has 1 rings (SSSR count). The Morgan fingerprint density at radius 1 is 1.53 bits per heavy atom. The summed E-state index contributed by atoms with van der Waals surface area (Å²) in [6.45, 7) is 0. The van der Waals surface area contributed by atoms with E-state index < -0.39 is 24.4 Å². The second kappa shape index (κ2) is 5.16. The normalized spacial score (nSPS) is 10.0. The van der Waals surface area contributed by atoms with Crippen LogP contribution in [0.15, 0.2) is 12.1 Å². The zero-order valence-electron chi connectivity index (χ0n) is 8.48. The standard InChI is InChI=1S/C11H7F2NO3/c12-11(13)7-2-1-6(5-15)9(4-14)8(7)3-10(16)17/h1-2,5,11H,3H2,(H,16,17). The van der Waals surface area contributed by atoms with Crippen LogP contribution in [0.3, 0.4) is 0 Å². The fourth-order valence-electron chi connectivity index (χ4n) is 1.46. The summed E-state index contributed by atoms with van der Waals surface area (Å²) < 4.78 is 25.3. The molecule has 0 saturated heterocycles. The van der Waals surface area contributed by atoms with Crippen LogP contribution in [-0.2, 0) is 11.2 Å². The van der Waals surface area contributed by atoms with E-state index >= 15 is 0 Å². The molecule has 0 unspecified atom stereocenters. The molecule has 0 aromatic heterocycles. The molecule has 0 atom stereocenters. The number of hydrogen-bond donors (Lipinski definition) is 1. The van der Waals surface area contributed by atoms with Gasteiger partial charge in [0.25, 0.3) is 6.43 Å². The van der Waals surface area contributed by atoms with Gasteiger partial charge in [-0.15, -0.1) is 0 Å². The van der Waals surface area contributed by atoms with Gasteiger partial charge < -0.3 is 5.11 Å². The molecule has 4 nitrogen and oxygen atoms in total. The third kappa shape index (κ3) is 2.64. The van der Waals surface area contributed by atoms with E-state index in [1.165, 1.54) is 0 Å². The Hall–Kier alpha value is -2.29. The summed E-state index contributed by atoms with van der Waals surface area (Å²) >= 11 is 0. The molecular formula is C11H7F2NO3. The van der Waals surface area contributed by atoms with Crippen LogP contribution < -0.4 is 0 Å². The quantitative estimate of drug-likeness (QED) is 0.814. The molecule has 0 aliphatic heterocycles. The number of halogens is 2. The first-order valence-corrected chi connectivity index (χ1v) is 4.52. The maximum Gasteiger partial charge on any atom is 0.307 e. The number of carboxylic acid groups (broad SMARTS) is 1. The number of hydrogen-bond acceptors (Lipinski definition) is 3. The Bertz CT molecular complexity index is 506. The third-order valence-electron chi connectivity index (χ3n) is 2.18. The number of benzene rings is 1. The number of aldehydes is 1. The van der Waals surface area contributed by atoms with Gasteiger partial charge >= 0.3 is 5.97 Å². The Labute approximate surface area is 95.1 Å². The third-order valence-corrected chi connectivity index (χ3v) is 2.18. The van der Waals surface area contributed by atoms with Crippen LogP contribution >= 0.6 is 0 Å². The van der Waals surface area contributed by atoms with Crippen molar-refractivity contribution in [3.05, 3.63) is 34.4 Å². The van der Waals surface area contributed by atoms with Crippen LogP contribution in [0.5, 0.6) is 0 Å². The van der Waals surface area contributed by atoms with E-state index in [2.05, 4.69) is 0 Å². The molecule has 17 heavy (non-hydrogen) atoms. The maximum absolute atomic E-state index is 12.6. The first kappa shape index (κ1) is 12.8. The summed E-state index contributed by atoms with van der Waals surface area (Å²) in [5.41, 5.74) is -1.23. The summed E-state index contributed by atoms with van der Waals surface area (Å²) in [4.78, 5) is 21.2. The lowest BCUT2D eigenvalue weighted by molar-refractivity contribution is -0.136. The van der Waals surface area contributed by atoms with Crippen molar-refractivity contribution in [3.8, 4) is 6.07 Å². The van der Waals surface area contributed by atoms with E-state index in [4.69, 9.17) is 10.4 Å². The number of nitrogens with zero attached hydrogens (tertiary/aromatic N) is 1. The largest absolute Gasteiger partial charge is 0.481 e. The molecule has 0 spiro atoms. The molecule has 0 saturated carbocycles. The van der Waals surface area contributed by atoms with Gasteiger partial charge in [0.05, 0.1) is 12.0 Å². The average molecular weight is 239 g/mol. The minimum Gasteiger partial charge on any atom is -0.481 e. The molecule has 0 fully saturated rings. The summed E-state index contributed by atoms with van der Waals surface area (Å²) in [5, 5.41) is 17.4. The van der Waals surface area contributed by atoms with Crippen molar-refractivity contribution < 1.29 is 23.5 Å². The van der Waals surface area contributed by atoms with E-state index in [1.54, 1.807) is 6.07 Å². The topological polar surface area (TPSA) is 78.2 Å². The maximum atomic E-state index is 12.6. The molecule has 0 aliphatic carbocycles. The van der Waals surface area contributed by atoms with Gasteiger partial charge in [-0.3, -0.25) is 9.59 Å². The molecule has 88 valence electrons. The average Bonchev–Trinajstić information content (AvgIpc) is 2.27. The first-order valence-electron chi connectivity index (χ1n) is 4.52. The highest BCUT2D eigenvalue weighted by Crippen LogP contribution is 2.27. The minimum atomic E-state index is -2.89. The van der Waals surface area contributed by atoms with E-state index in [0.717, 1.165) is 12.1 Å². The lowest BCUT2D eigenvalue weighted by atomic mass is 9.95. The molecule has 0 radical (unpaired) electrons. The lowest BCUT2D eigenvalue weighted by Crippen LogP contribution is -2.08. The lowest BCUT2D eigenvalue weighted by Gasteiger charge is -2.10. The number of carbonyl (C=O) groups excluding carboxylic acids is 1. The molecule has 0 aliphatic rings. The number of alkyl halides is 2. The minimum absolute atomic E-state index is 0.0897. The summed E-state index contributed by atoms with van der Waals surface area (Å²) in [7, 11) is 0. The molecular weight excluding hydrogens is 232 g/mol. The van der Waals surface area contributed by atoms with Gasteiger partial charge in [0, 0.05) is 11.1 Å². The molecule has 0 bridgehead atoms. The molecule has 0 heterocycles.